The van der Waals surface area contributed by atoms with E-state index in [1.54, 1.807) is 35.9 Å². The van der Waals surface area contributed by atoms with Crippen molar-refractivity contribution < 1.29 is 18.8 Å². The summed E-state index contributed by atoms with van der Waals surface area (Å²) in [7, 11) is 0. The highest BCUT2D eigenvalue weighted by atomic mass is 32.1. The zero-order valence-electron chi connectivity index (χ0n) is 72.4. The molecule has 598 valence electrons. The number of hydrogen-bond acceptors (Lipinski definition) is 15. The third-order valence-electron chi connectivity index (χ3n) is 16.9. The van der Waals surface area contributed by atoms with Gasteiger partial charge in [-0.3, -0.25) is 19.1 Å². The van der Waals surface area contributed by atoms with Gasteiger partial charge in [-0.15, -0.1) is 67.6 Å². The molecule has 2 unspecified atom stereocenters. The Morgan fingerprint density at radius 3 is 1.50 bits per heavy atom. The van der Waals surface area contributed by atoms with E-state index in [2.05, 4.69) is 248 Å². The lowest BCUT2D eigenvalue weighted by Gasteiger charge is -2.31. The first-order chi connectivity index (χ1) is 50.8. The number of imidazole rings is 1. The maximum Gasteiger partial charge on any atom is 0.273 e. The molecule has 111 heavy (non-hydrogen) atoms. The molecule has 0 N–H and O–H groups in total. The number of amides is 2. The Labute approximate surface area is 686 Å². The maximum atomic E-state index is 11.3. The Morgan fingerprint density at radius 1 is 0.595 bits per heavy atom. The van der Waals surface area contributed by atoms with Crippen LogP contribution in [0.2, 0.25) is 0 Å². The standard InChI is InChI=1S/C11H19NO.C10H16O.2C9H12N2.C9H11NO.4C9H11NS.C8H13NO/c1-5-10(13)12-7-6-9(8-12)11(2,3)4;1-10(2,3)8-5-4-6-9(11)7-8;1-5-8-10-6-7-11(8)9(2,3)4;1-5-8-6-7-11(10-8)9(2,3)4;1-5-8-10-6-7(11-8)9(2,3)4;1-5-8-10-7(6-11-8)9(2,3)4;1-5-8-10-6-7(11-8)9(2,3)4;1-5-8-7(6-11-10-8)9(2,3)4;1-5-7-6-8(11-10-7)9(2,3)4;1-8(2,3)9-6-4-5-7(9)10/h5,9H,1,6-8H2,2-4H3;4,6,8H,5,7H2,1-3H3;2*1,6-7H,2-4H3;5*1,6H,2-4H3;4-5H,6H2,1-3H3. The third kappa shape index (κ3) is 36.3. The van der Waals surface area contributed by atoms with Gasteiger partial charge in [0.05, 0.1) is 17.4 Å². The number of rotatable bonds is 1. The van der Waals surface area contributed by atoms with Crippen LogP contribution in [0.15, 0.2) is 95.3 Å². The largest absolute Gasteiger partial charge is 0.435 e. The summed E-state index contributed by atoms with van der Waals surface area (Å²) in [5.74, 6) is 21.1. The topological polar surface area (TPSA) is 171 Å². The maximum absolute atomic E-state index is 11.3. The molecule has 0 spiro atoms. The monoisotopic (exact) mass is 1580 g/mol. The summed E-state index contributed by atoms with van der Waals surface area (Å²) < 4.78 is 17.3. The minimum absolute atomic E-state index is 0.0118. The molecule has 7 aromatic heterocycles. The van der Waals surface area contributed by atoms with E-state index in [4.69, 9.17) is 49.4 Å². The van der Waals surface area contributed by atoms with Gasteiger partial charge in [0.15, 0.2) is 21.6 Å². The lowest BCUT2D eigenvalue weighted by Crippen LogP contribution is -2.42. The molecule has 0 saturated carbocycles. The van der Waals surface area contributed by atoms with Crippen molar-refractivity contribution in [2.24, 2.45) is 22.7 Å². The molecule has 0 radical (unpaired) electrons. The van der Waals surface area contributed by atoms with Crippen LogP contribution in [0.4, 0.5) is 0 Å². The molecular formula is C92H127N11O4S4. The minimum atomic E-state index is -0.0272. The van der Waals surface area contributed by atoms with E-state index < -0.39 is 0 Å². The summed E-state index contributed by atoms with van der Waals surface area (Å²) in [6.07, 6.45) is 57.1. The summed E-state index contributed by atoms with van der Waals surface area (Å²) in [5, 5.41) is 9.77. The van der Waals surface area contributed by atoms with Crippen LogP contribution in [-0.4, -0.2) is 95.6 Å². The molecule has 15 nitrogen and oxygen atoms in total. The second-order valence-corrected chi connectivity index (χ2v) is 40.2. The summed E-state index contributed by atoms with van der Waals surface area (Å²) >= 11 is 6.04. The Kier molecular flexibility index (Phi) is 38.8. The number of carbonyl (C=O) groups is 3. The average Bonchev–Trinajstić information content (AvgIpc) is 1.73. The molecule has 0 bridgehead atoms. The fourth-order valence-electron chi connectivity index (χ4n) is 9.61. The SMILES string of the molecule is C#Cc1cc(C(C)(C)C)sn1.C#Cc1ccn(C(C)(C)C)n1.C#Cc1nc(C(C)(C)C)cs1.C#Cc1ncc(C(C)(C)C)o1.C#Cc1ncc(C(C)(C)C)s1.C#Cc1nccn1C(C)(C)C.C#Cc1nscc1C(C)(C)C.C=CC(=O)N1CCC(C(C)(C)C)C1.CC(C)(C)C1CC=CC(=O)C1.CC(C)(C)N1CC=CC1=O. The molecule has 0 aromatic carbocycles. The molecule has 1 aliphatic carbocycles. The summed E-state index contributed by atoms with van der Waals surface area (Å²) in [4.78, 5) is 55.9. The van der Waals surface area contributed by atoms with Crippen molar-refractivity contribution in [2.45, 2.75) is 271 Å². The predicted octanol–water partition coefficient (Wildman–Crippen LogP) is 20.7. The number of nitrogens with zero attached hydrogens (tertiary/aromatic N) is 11. The average molecular weight is 1580 g/mol. The van der Waals surface area contributed by atoms with Crippen molar-refractivity contribution in [3.05, 3.63) is 156 Å². The number of oxazole rings is 1. The van der Waals surface area contributed by atoms with Gasteiger partial charge in [0.1, 0.15) is 22.8 Å². The second kappa shape index (κ2) is 43.1. The smallest absolute Gasteiger partial charge is 0.273 e. The van der Waals surface area contributed by atoms with Crippen molar-refractivity contribution in [1.82, 2.24) is 52.8 Å². The molecule has 3 aliphatic rings. The molecule has 2 atom stereocenters. The number of aromatic nitrogens is 9. The third-order valence-corrected chi connectivity index (χ3v) is 20.9. The summed E-state index contributed by atoms with van der Waals surface area (Å²) in [5.41, 5.74) is 5.68. The fourth-order valence-corrected chi connectivity index (χ4v) is 12.9. The molecular weight excluding hydrogens is 1450 g/mol. The van der Waals surface area contributed by atoms with Crippen molar-refractivity contribution >= 4 is 63.3 Å². The highest BCUT2D eigenvalue weighted by Gasteiger charge is 2.34. The zero-order chi connectivity index (χ0) is 85.7. The molecule has 2 amide bonds. The number of terminal acetylenes is 7. The van der Waals surface area contributed by atoms with Crippen LogP contribution in [0.1, 0.15) is 293 Å². The normalized spacial score (nSPS) is 14.7. The molecule has 7 aromatic rings. The fraction of sp³-hybridized carbons (Fsp3) is 0.522. The van der Waals surface area contributed by atoms with Crippen LogP contribution in [0.25, 0.3) is 0 Å². The van der Waals surface area contributed by atoms with Crippen molar-refractivity contribution in [2.75, 3.05) is 19.6 Å². The van der Waals surface area contributed by atoms with Gasteiger partial charge >= 0.3 is 0 Å². The quantitative estimate of drug-likeness (QED) is 0.113. The summed E-state index contributed by atoms with van der Waals surface area (Å²) in [6, 6.07) is 3.82. The highest BCUT2D eigenvalue weighted by molar-refractivity contribution is 7.12. The first kappa shape index (κ1) is 99.9. The molecule has 1 saturated heterocycles. The number of allylic oxidation sites excluding steroid dienone is 2. The summed E-state index contributed by atoms with van der Waals surface area (Å²) in [6.45, 7) is 69.9. The van der Waals surface area contributed by atoms with Crippen LogP contribution < -0.4 is 0 Å². The van der Waals surface area contributed by atoms with E-state index in [-0.39, 0.29) is 66.7 Å². The van der Waals surface area contributed by atoms with Crippen molar-refractivity contribution in [3.63, 3.8) is 0 Å². The second-order valence-electron chi connectivity index (χ2n) is 36.9. The van der Waals surface area contributed by atoms with E-state index in [9.17, 15) is 14.4 Å². The van der Waals surface area contributed by atoms with E-state index >= 15 is 0 Å². The number of hydrogen-bond donors (Lipinski definition) is 0. The number of thiazole rings is 2. The van der Waals surface area contributed by atoms with Crippen molar-refractivity contribution in [3.8, 4) is 86.4 Å². The van der Waals surface area contributed by atoms with Gasteiger partial charge in [-0.25, -0.2) is 19.9 Å². The number of carbonyl (C=O) groups excluding carboxylic acids is 3. The Bertz CT molecular complexity index is 4040. The van der Waals surface area contributed by atoms with Crippen LogP contribution >= 0.6 is 45.7 Å². The molecule has 10 rings (SSSR count). The number of ketones is 1. The van der Waals surface area contributed by atoms with E-state index in [1.807, 2.05) is 114 Å². The lowest BCUT2D eigenvalue weighted by atomic mass is 9.74. The minimum Gasteiger partial charge on any atom is -0.435 e. The van der Waals surface area contributed by atoms with Gasteiger partial charge in [-0.1, -0.05) is 164 Å². The van der Waals surface area contributed by atoms with Crippen LogP contribution in [-0.2, 0) is 52.5 Å². The van der Waals surface area contributed by atoms with Gasteiger partial charge < -0.3 is 18.8 Å². The molecule has 9 heterocycles. The van der Waals surface area contributed by atoms with Gasteiger partial charge in [0.2, 0.25) is 11.8 Å². The van der Waals surface area contributed by atoms with Gasteiger partial charge in [-0.05, 0) is 203 Å². The van der Waals surface area contributed by atoms with Crippen LogP contribution in [0, 0.1) is 109 Å². The first-order valence-electron chi connectivity index (χ1n) is 37.0. The highest BCUT2D eigenvalue weighted by Crippen LogP contribution is 2.36. The first-order valence-corrected chi connectivity index (χ1v) is 40.3. The Morgan fingerprint density at radius 2 is 1.19 bits per heavy atom. The van der Waals surface area contributed by atoms with Gasteiger partial charge in [0.25, 0.3) is 5.89 Å². The molecule has 19 heteroatoms. The van der Waals surface area contributed by atoms with Crippen molar-refractivity contribution in [1.29, 1.82) is 0 Å². The van der Waals surface area contributed by atoms with Gasteiger partial charge in [0, 0.05) is 105 Å². The number of likely N-dealkylation sites (tertiary alicyclic amines) is 1. The zero-order valence-corrected chi connectivity index (χ0v) is 75.7. The molecule has 1 fully saturated rings. The van der Waals surface area contributed by atoms with Crippen LogP contribution in [0.3, 0.4) is 0 Å². The van der Waals surface area contributed by atoms with E-state index in [1.165, 1.54) is 55.8 Å². The Balaban J connectivity index is 0.000000617. The Hall–Kier alpha value is -9.10. The molecule has 2 aliphatic heterocycles. The van der Waals surface area contributed by atoms with E-state index in [0.717, 1.165) is 71.8 Å². The van der Waals surface area contributed by atoms with E-state index in [0.29, 0.717) is 34.7 Å². The van der Waals surface area contributed by atoms with Crippen LogP contribution in [0.5, 0.6) is 0 Å². The lowest BCUT2D eigenvalue weighted by molar-refractivity contribution is -0.128. The van der Waals surface area contributed by atoms with Gasteiger partial charge in [-0.2, -0.15) is 13.8 Å². The predicted molar refractivity (Wildman–Crippen MR) is 470 cm³/mol.